The van der Waals surface area contributed by atoms with E-state index in [4.69, 9.17) is 32.7 Å². The first-order valence-electron chi connectivity index (χ1n) is 11.2. The van der Waals surface area contributed by atoms with Crippen LogP contribution in [0.1, 0.15) is 44.6 Å². The second kappa shape index (κ2) is 12.1. The number of methoxy groups -OCH3 is 1. The van der Waals surface area contributed by atoms with Crippen molar-refractivity contribution in [2.75, 3.05) is 13.7 Å². The van der Waals surface area contributed by atoms with Crippen LogP contribution in [-0.4, -0.2) is 42.5 Å². The summed E-state index contributed by atoms with van der Waals surface area (Å²) in [6.07, 6.45) is 5.33. The first-order valence-corrected chi connectivity index (χ1v) is 11.9. The van der Waals surface area contributed by atoms with Gasteiger partial charge in [0, 0.05) is 28.2 Å². The van der Waals surface area contributed by atoms with Crippen LogP contribution < -0.4 is 14.8 Å². The number of nitrogens with one attached hydrogen (secondary N) is 1. The molecule has 2 amide bonds. The first-order chi connectivity index (χ1) is 15.9. The third kappa shape index (κ3) is 7.02. The van der Waals surface area contributed by atoms with Crippen LogP contribution in [0, 0.1) is 0 Å². The molecule has 6 nitrogen and oxygen atoms in total. The van der Waals surface area contributed by atoms with Crippen molar-refractivity contribution >= 4 is 35.0 Å². The van der Waals surface area contributed by atoms with Crippen molar-refractivity contribution in [3.63, 3.8) is 0 Å². The predicted molar refractivity (Wildman–Crippen MR) is 130 cm³/mol. The van der Waals surface area contributed by atoms with Gasteiger partial charge in [-0.15, -0.1) is 0 Å². The molecular formula is C25H30Cl2N2O4. The smallest absolute Gasteiger partial charge is 0.261 e. The van der Waals surface area contributed by atoms with Gasteiger partial charge < -0.3 is 19.7 Å². The molecule has 8 heteroatoms. The maximum Gasteiger partial charge on any atom is 0.261 e. The third-order valence-electron chi connectivity index (χ3n) is 5.93. The minimum Gasteiger partial charge on any atom is -0.497 e. The number of carbonyl (C=O) groups is 2. The summed E-state index contributed by atoms with van der Waals surface area (Å²) in [5.74, 6) is 0.687. The zero-order chi connectivity index (χ0) is 23.8. The van der Waals surface area contributed by atoms with Crippen molar-refractivity contribution in [1.29, 1.82) is 0 Å². The lowest BCUT2D eigenvalue weighted by atomic mass is 9.95. The molecule has 0 aromatic heterocycles. The normalized spacial score (nSPS) is 14.9. The van der Waals surface area contributed by atoms with Crippen LogP contribution in [0.4, 0.5) is 0 Å². The second-order valence-electron chi connectivity index (χ2n) is 8.21. The molecule has 0 radical (unpaired) electrons. The SMILES string of the molecule is COc1ccc(OCC(=O)N(Cc2c(Cl)cccc2Cl)[C@H](C)C(=O)NC2CCCCC2)cc1. The van der Waals surface area contributed by atoms with Crippen molar-refractivity contribution < 1.29 is 19.1 Å². The number of hydrogen-bond acceptors (Lipinski definition) is 4. The Bertz CT molecular complexity index is 926. The summed E-state index contributed by atoms with van der Waals surface area (Å²) in [5.41, 5.74) is 0.593. The first kappa shape index (κ1) is 25.2. The summed E-state index contributed by atoms with van der Waals surface area (Å²) in [4.78, 5) is 27.7. The molecule has 33 heavy (non-hydrogen) atoms. The van der Waals surface area contributed by atoms with Crippen LogP contribution in [0.5, 0.6) is 11.5 Å². The molecule has 3 rings (SSSR count). The summed E-state index contributed by atoms with van der Waals surface area (Å²) in [7, 11) is 1.58. The van der Waals surface area contributed by atoms with Crippen LogP contribution >= 0.6 is 23.2 Å². The summed E-state index contributed by atoms with van der Waals surface area (Å²) in [6, 6.07) is 11.5. The van der Waals surface area contributed by atoms with Gasteiger partial charge in [0.2, 0.25) is 5.91 Å². The van der Waals surface area contributed by atoms with E-state index >= 15 is 0 Å². The lowest BCUT2D eigenvalue weighted by Crippen LogP contribution is -2.51. The van der Waals surface area contributed by atoms with E-state index in [0.29, 0.717) is 27.1 Å². The molecule has 178 valence electrons. The molecule has 0 unspecified atom stereocenters. The highest BCUT2D eigenvalue weighted by atomic mass is 35.5. The van der Waals surface area contributed by atoms with Gasteiger partial charge in [0.05, 0.1) is 7.11 Å². The Morgan fingerprint density at radius 2 is 1.64 bits per heavy atom. The molecule has 2 aromatic carbocycles. The average molecular weight is 493 g/mol. The highest BCUT2D eigenvalue weighted by molar-refractivity contribution is 6.36. The molecule has 2 aromatic rings. The van der Waals surface area contributed by atoms with E-state index in [2.05, 4.69) is 5.32 Å². The highest BCUT2D eigenvalue weighted by Gasteiger charge is 2.29. The van der Waals surface area contributed by atoms with E-state index in [-0.39, 0.29) is 31.0 Å². The highest BCUT2D eigenvalue weighted by Crippen LogP contribution is 2.27. The number of ether oxygens (including phenoxy) is 2. The summed E-state index contributed by atoms with van der Waals surface area (Å²) in [6.45, 7) is 1.59. The molecule has 0 bridgehead atoms. The van der Waals surface area contributed by atoms with Gasteiger partial charge in [0.1, 0.15) is 17.5 Å². The van der Waals surface area contributed by atoms with Crippen molar-refractivity contribution in [2.45, 2.75) is 57.7 Å². The van der Waals surface area contributed by atoms with Crippen LogP contribution in [0.25, 0.3) is 0 Å². The Morgan fingerprint density at radius 1 is 1.03 bits per heavy atom. The molecule has 0 aliphatic heterocycles. The Balaban J connectivity index is 1.74. The average Bonchev–Trinajstić information content (AvgIpc) is 2.83. The molecule has 1 atom stereocenters. The van der Waals surface area contributed by atoms with Crippen molar-refractivity contribution in [3.05, 3.63) is 58.1 Å². The predicted octanol–water partition coefficient (Wildman–Crippen LogP) is 5.25. The van der Waals surface area contributed by atoms with Gasteiger partial charge in [0.25, 0.3) is 5.91 Å². The molecule has 1 saturated carbocycles. The number of halogens is 2. The minimum absolute atomic E-state index is 0.0998. The fraction of sp³-hybridized carbons (Fsp3) is 0.440. The van der Waals surface area contributed by atoms with E-state index < -0.39 is 6.04 Å². The number of amides is 2. The largest absolute Gasteiger partial charge is 0.497 e. The van der Waals surface area contributed by atoms with E-state index in [1.54, 1.807) is 56.5 Å². The van der Waals surface area contributed by atoms with Gasteiger partial charge in [-0.2, -0.15) is 0 Å². The Morgan fingerprint density at radius 3 is 2.24 bits per heavy atom. The molecule has 1 aliphatic rings. The monoisotopic (exact) mass is 492 g/mol. The lowest BCUT2D eigenvalue weighted by molar-refractivity contribution is -0.142. The van der Waals surface area contributed by atoms with Gasteiger partial charge in [-0.05, 0) is 56.2 Å². The van der Waals surface area contributed by atoms with Crippen molar-refractivity contribution in [3.8, 4) is 11.5 Å². The minimum atomic E-state index is -0.716. The molecule has 1 aliphatic carbocycles. The van der Waals surface area contributed by atoms with Crippen molar-refractivity contribution in [2.24, 2.45) is 0 Å². The molecule has 1 fully saturated rings. The fourth-order valence-electron chi connectivity index (χ4n) is 3.91. The van der Waals surface area contributed by atoms with Crippen LogP contribution in [-0.2, 0) is 16.1 Å². The number of benzene rings is 2. The standard InChI is InChI=1S/C25H30Cl2N2O4/c1-17(25(31)28-18-7-4-3-5-8-18)29(15-21-22(26)9-6-10-23(21)27)24(30)16-33-20-13-11-19(32-2)12-14-20/h6,9-14,17-18H,3-5,7-8,15-16H2,1-2H3,(H,28,31)/t17-/m1/s1. The number of hydrogen-bond donors (Lipinski definition) is 1. The molecular weight excluding hydrogens is 463 g/mol. The molecule has 0 saturated heterocycles. The summed E-state index contributed by atoms with van der Waals surface area (Å²) in [5, 5.41) is 3.98. The van der Waals surface area contributed by atoms with E-state index in [9.17, 15) is 9.59 Å². The van der Waals surface area contributed by atoms with Gasteiger partial charge in [-0.25, -0.2) is 0 Å². The van der Waals surface area contributed by atoms with E-state index in [1.165, 1.54) is 11.3 Å². The maximum absolute atomic E-state index is 13.2. The molecule has 0 spiro atoms. The third-order valence-corrected chi connectivity index (χ3v) is 6.64. The van der Waals surface area contributed by atoms with Crippen molar-refractivity contribution in [1.82, 2.24) is 10.2 Å². The van der Waals surface area contributed by atoms with Gasteiger partial charge in [-0.3, -0.25) is 9.59 Å². The second-order valence-corrected chi connectivity index (χ2v) is 9.02. The van der Waals surface area contributed by atoms with Gasteiger partial charge >= 0.3 is 0 Å². The topological polar surface area (TPSA) is 67.9 Å². The Hall–Kier alpha value is -2.44. The quantitative estimate of drug-likeness (QED) is 0.519. The van der Waals surface area contributed by atoms with Gasteiger partial charge in [0.15, 0.2) is 6.61 Å². The number of rotatable bonds is 9. The molecule has 0 heterocycles. The summed E-state index contributed by atoms with van der Waals surface area (Å²) >= 11 is 12.7. The molecule has 1 N–H and O–H groups in total. The van der Waals surface area contributed by atoms with E-state index in [1.807, 2.05) is 0 Å². The fourth-order valence-corrected chi connectivity index (χ4v) is 4.42. The zero-order valence-corrected chi connectivity index (χ0v) is 20.5. The van der Waals surface area contributed by atoms with Crippen LogP contribution in [0.3, 0.4) is 0 Å². The van der Waals surface area contributed by atoms with Crippen LogP contribution in [0.15, 0.2) is 42.5 Å². The van der Waals surface area contributed by atoms with Gasteiger partial charge in [-0.1, -0.05) is 48.5 Å². The lowest BCUT2D eigenvalue weighted by Gasteiger charge is -2.31. The Labute approximate surface area is 205 Å². The zero-order valence-electron chi connectivity index (χ0n) is 19.0. The van der Waals surface area contributed by atoms with E-state index in [0.717, 1.165) is 25.7 Å². The Kier molecular flexibility index (Phi) is 9.27. The summed E-state index contributed by atoms with van der Waals surface area (Å²) < 4.78 is 10.8. The maximum atomic E-state index is 13.2. The van der Waals surface area contributed by atoms with Crippen LogP contribution in [0.2, 0.25) is 10.0 Å². The number of carbonyl (C=O) groups excluding carboxylic acids is 2. The number of nitrogens with zero attached hydrogens (tertiary/aromatic N) is 1.